The molecule has 0 heterocycles. The van der Waals surface area contributed by atoms with Gasteiger partial charge in [-0.1, -0.05) is 21.3 Å². The first-order valence-electron chi connectivity index (χ1n) is 5.55. The average molecular weight is 254 g/mol. The SMILES string of the molecule is C.COC1=C(OC)C(=O)C(CC(C)C)=C(C)C1=O. The molecule has 0 aromatic carbocycles. The number of Topliss-reactive ketones (excluding diaryl/α,β-unsaturated/α-hetero) is 2. The minimum absolute atomic E-state index is 0. The fourth-order valence-corrected chi connectivity index (χ4v) is 1.85. The number of ketones is 2. The molecule has 0 N–H and O–H groups in total. The zero-order chi connectivity index (χ0) is 13.2. The molecule has 0 spiro atoms. The molecule has 0 aromatic heterocycles. The van der Waals surface area contributed by atoms with Crippen molar-refractivity contribution < 1.29 is 19.1 Å². The fourth-order valence-electron chi connectivity index (χ4n) is 1.85. The van der Waals surface area contributed by atoms with Gasteiger partial charge in [-0.05, 0) is 19.3 Å². The number of carbonyl (C=O) groups excluding carboxylic acids is 2. The first-order valence-corrected chi connectivity index (χ1v) is 5.55. The van der Waals surface area contributed by atoms with E-state index in [9.17, 15) is 9.59 Å². The molecule has 0 saturated heterocycles. The molecule has 0 aromatic rings. The number of hydrogen-bond acceptors (Lipinski definition) is 4. The maximum Gasteiger partial charge on any atom is 0.228 e. The molecule has 4 nitrogen and oxygen atoms in total. The Morgan fingerprint density at radius 1 is 1.00 bits per heavy atom. The van der Waals surface area contributed by atoms with E-state index in [2.05, 4.69) is 0 Å². The lowest BCUT2D eigenvalue weighted by Gasteiger charge is -2.21. The molecule has 1 aliphatic rings. The maximum atomic E-state index is 12.1. The summed E-state index contributed by atoms with van der Waals surface area (Å²) in [5.41, 5.74) is 0.990. The number of rotatable bonds is 4. The highest BCUT2D eigenvalue weighted by atomic mass is 16.5. The van der Waals surface area contributed by atoms with Crippen molar-refractivity contribution in [3.05, 3.63) is 22.7 Å². The molecule has 0 fully saturated rings. The Morgan fingerprint density at radius 3 is 1.83 bits per heavy atom. The largest absolute Gasteiger partial charge is 0.489 e. The van der Waals surface area contributed by atoms with Gasteiger partial charge in [0.2, 0.25) is 23.1 Å². The molecule has 0 radical (unpaired) electrons. The molecule has 0 amide bonds. The summed E-state index contributed by atoms with van der Waals surface area (Å²) < 4.78 is 9.94. The van der Waals surface area contributed by atoms with Gasteiger partial charge in [0.15, 0.2) is 0 Å². The number of carbonyl (C=O) groups is 2. The van der Waals surface area contributed by atoms with Crippen molar-refractivity contribution in [3.63, 3.8) is 0 Å². The minimum atomic E-state index is -0.264. The van der Waals surface area contributed by atoms with Crippen molar-refractivity contribution in [2.24, 2.45) is 5.92 Å². The van der Waals surface area contributed by atoms with Crippen LogP contribution in [0.15, 0.2) is 22.7 Å². The van der Waals surface area contributed by atoms with Crippen LogP contribution < -0.4 is 0 Å². The van der Waals surface area contributed by atoms with Crippen LogP contribution in [0.25, 0.3) is 0 Å². The summed E-state index contributed by atoms with van der Waals surface area (Å²) in [5, 5.41) is 0. The third-order valence-electron chi connectivity index (χ3n) is 2.71. The first kappa shape index (κ1) is 16.4. The predicted octanol–water partition coefficient (Wildman–Crippen LogP) is 2.64. The van der Waals surface area contributed by atoms with E-state index in [-0.39, 0.29) is 30.5 Å². The second-order valence-electron chi connectivity index (χ2n) is 4.43. The molecule has 0 aliphatic heterocycles. The lowest BCUT2D eigenvalue weighted by molar-refractivity contribution is -0.121. The molecule has 0 bridgehead atoms. The van der Waals surface area contributed by atoms with E-state index in [4.69, 9.17) is 9.47 Å². The van der Waals surface area contributed by atoms with Crippen molar-refractivity contribution in [2.45, 2.75) is 34.6 Å². The van der Waals surface area contributed by atoms with Crippen molar-refractivity contribution in [1.29, 1.82) is 0 Å². The van der Waals surface area contributed by atoms with Crippen LogP contribution in [0.4, 0.5) is 0 Å². The molecular formula is C14H22O4. The topological polar surface area (TPSA) is 52.6 Å². The normalized spacial score (nSPS) is 16.1. The Labute approximate surface area is 109 Å². The second-order valence-corrected chi connectivity index (χ2v) is 4.43. The van der Waals surface area contributed by atoms with E-state index < -0.39 is 0 Å². The first-order chi connectivity index (χ1) is 7.93. The van der Waals surface area contributed by atoms with Gasteiger partial charge in [0.05, 0.1) is 14.2 Å². The highest BCUT2D eigenvalue weighted by molar-refractivity contribution is 6.23. The third kappa shape index (κ3) is 2.81. The van der Waals surface area contributed by atoms with Crippen molar-refractivity contribution in [3.8, 4) is 0 Å². The van der Waals surface area contributed by atoms with Crippen LogP contribution in [0.3, 0.4) is 0 Å². The van der Waals surface area contributed by atoms with Crippen LogP contribution >= 0.6 is 0 Å². The monoisotopic (exact) mass is 254 g/mol. The van der Waals surface area contributed by atoms with Gasteiger partial charge in [-0.2, -0.15) is 0 Å². The predicted molar refractivity (Wildman–Crippen MR) is 69.9 cm³/mol. The molecule has 1 rings (SSSR count). The average Bonchev–Trinajstić information content (AvgIpc) is 2.28. The van der Waals surface area contributed by atoms with Crippen LogP contribution in [-0.2, 0) is 19.1 Å². The summed E-state index contributed by atoms with van der Waals surface area (Å²) in [5.74, 6) is -0.185. The summed E-state index contributed by atoms with van der Waals surface area (Å²) in [6, 6.07) is 0. The minimum Gasteiger partial charge on any atom is -0.489 e. The Morgan fingerprint density at radius 2 is 1.44 bits per heavy atom. The Hall–Kier alpha value is -1.58. The van der Waals surface area contributed by atoms with Crippen molar-refractivity contribution in [1.82, 2.24) is 0 Å². The van der Waals surface area contributed by atoms with Crippen LogP contribution in [0.5, 0.6) is 0 Å². The van der Waals surface area contributed by atoms with E-state index >= 15 is 0 Å². The summed E-state index contributed by atoms with van der Waals surface area (Å²) in [7, 11) is 2.73. The van der Waals surface area contributed by atoms with Gasteiger partial charge in [0.25, 0.3) is 0 Å². The fraction of sp³-hybridized carbons (Fsp3) is 0.571. The van der Waals surface area contributed by atoms with Gasteiger partial charge in [-0.25, -0.2) is 0 Å². The van der Waals surface area contributed by atoms with Gasteiger partial charge in [-0.3, -0.25) is 9.59 Å². The van der Waals surface area contributed by atoms with E-state index in [1.165, 1.54) is 14.2 Å². The molecule has 0 saturated carbocycles. The van der Waals surface area contributed by atoms with Gasteiger partial charge >= 0.3 is 0 Å². The number of allylic oxidation sites excluding steroid dienone is 2. The maximum absolute atomic E-state index is 12.1. The molecule has 18 heavy (non-hydrogen) atoms. The van der Waals surface area contributed by atoms with Gasteiger partial charge < -0.3 is 9.47 Å². The van der Waals surface area contributed by atoms with E-state index in [0.717, 1.165) is 0 Å². The van der Waals surface area contributed by atoms with Gasteiger partial charge in [0, 0.05) is 11.1 Å². The van der Waals surface area contributed by atoms with Gasteiger partial charge in [0.1, 0.15) is 0 Å². The Balaban J connectivity index is 0.00000289. The molecule has 1 aliphatic carbocycles. The lowest BCUT2D eigenvalue weighted by Crippen LogP contribution is -2.25. The summed E-state index contributed by atoms with van der Waals surface area (Å²) in [4.78, 5) is 24.1. The quantitative estimate of drug-likeness (QED) is 0.724. The summed E-state index contributed by atoms with van der Waals surface area (Å²) in [6.07, 6.45) is 0.570. The molecule has 4 heteroatoms. The van der Waals surface area contributed by atoms with Crippen LogP contribution in [0.1, 0.15) is 34.6 Å². The Bertz CT molecular complexity index is 414. The van der Waals surface area contributed by atoms with Crippen molar-refractivity contribution >= 4 is 11.6 Å². The van der Waals surface area contributed by atoms with Crippen LogP contribution in [0.2, 0.25) is 0 Å². The van der Waals surface area contributed by atoms with E-state index in [1.54, 1.807) is 6.92 Å². The summed E-state index contributed by atoms with van der Waals surface area (Å²) in [6.45, 7) is 5.66. The third-order valence-corrected chi connectivity index (χ3v) is 2.71. The van der Waals surface area contributed by atoms with Crippen LogP contribution in [0, 0.1) is 5.92 Å². The van der Waals surface area contributed by atoms with E-state index in [0.29, 0.717) is 23.5 Å². The number of hydrogen-bond donors (Lipinski definition) is 0. The molecule has 0 atom stereocenters. The summed E-state index contributed by atoms with van der Waals surface area (Å²) >= 11 is 0. The molecule has 102 valence electrons. The zero-order valence-electron chi connectivity index (χ0n) is 10.9. The van der Waals surface area contributed by atoms with E-state index in [1.807, 2.05) is 13.8 Å². The Kier molecular flexibility index (Phi) is 5.82. The number of methoxy groups -OCH3 is 2. The highest BCUT2D eigenvalue weighted by Crippen LogP contribution is 2.29. The number of ether oxygens (including phenoxy) is 2. The van der Waals surface area contributed by atoms with Crippen LogP contribution in [-0.4, -0.2) is 25.8 Å². The zero-order valence-corrected chi connectivity index (χ0v) is 10.9. The second kappa shape index (κ2) is 6.38. The standard InChI is InChI=1S/C13H18O4.CH4/c1-7(2)6-9-8(3)10(14)12(16-4)13(17-5)11(9)15;/h7H,6H2,1-5H3;1H4. The molecule has 0 unspecified atom stereocenters. The highest BCUT2D eigenvalue weighted by Gasteiger charge is 2.34. The lowest BCUT2D eigenvalue weighted by atomic mass is 9.88. The molecular weight excluding hydrogens is 232 g/mol. The smallest absolute Gasteiger partial charge is 0.228 e. The van der Waals surface area contributed by atoms with Gasteiger partial charge in [-0.15, -0.1) is 0 Å². The van der Waals surface area contributed by atoms with Crippen molar-refractivity contribution in [2.75, 3.05) is 14.2 Å².